The van der Waals surface area contributed by atoms with E-state index in [0.717, 1.165) is 16.5 Å². The molecule has 0 aliphatic rings. The van der Waals surface area contributed by atoms with Crippen LogP contribution in [-0.2, 0) is 16.0 Å². The summed E-state index contributed by atoms with van der Waals surface area (Å²) in [6.45, 7) is 5.49. The molecule has 0 aliphatic heterocycles. The molecule has 5 nitrogen and oxygen atoms in total. The lowest BCUT2D eigenvalue weighted by Gasteiger charge is -2.18. The Morgan fingerprint density at radius 3 is 2.48 bits per heavy atom. The predicted molar refractivity (Wildman–Crippen MR) is 107 cm³/mol. The van der Waals surface area contributed by atoms with Crippen LogP contribution < -0.4 is 5.32 Å². The quantitative estimate of drug-likeness (QED) is 0.645. The lowest BCUT2D eigenvalue weighted by atomic mass is 10.1. The maximum Gasteiger partial charge on any atom is 0.355 e. The summed E-state index contributed by atoms with van der Waals surface area (Å²) in [6, 6.07) is 17.2. The Bertz CT molecular complexity index is 953. The van der Waals surface area contributed by atoms with Crippen LogP contribution in [0, 0.1) is 0 Å². The molecule has 0 unspecified atom stereocenters. The molecule has 0 atom stereocenters. The zero-order valence-electron chi connectivity index (χ0n) is 15.8. The summed E-state index contributed by atoms with van der Waals surface area (Å²) in [7, 11) is 0. The molecular weight excluding hydrogens is 340 g/mol. The Balaban J connectivity index is 1.65. The van der Waals surface area contributed by atoms with E-state index in [2.05, 4.69) is 10.3 Å². The zero-order chi connectivity index (χ0) is 19.4. The SMILES string of the molecule is CC(C)(C)OC(=O)c1cc2cc(NC(=O)CCc3ccccc3)ccc2[nH]1. The standard InChI is InChI=1S/C22H24N2O3/c1-22(2,3)27-21(26)19-14-16-13-17(10-11-18(16)24-19)23-20(25)12-9-15-7-5-4-6-8-15/h4-8,10-11,13-14,24H,9,12H2,1-3H3,(H,23,25). The molecule has 3 rings (SSSR count). The molecule has 0 radical (unpaired) electrons. The Hall–Kier alpha value is -3.08. The molecule has 2 aromatic carbocycles. The number of carbonyl (C=O) groups is 2. The van der Waals surface area contributed by atoms with E-state index in [1.54, 1.807) is 6.07 Å². The highest BCUT2D eigenvalue weighted by atomic mass is 16.6. The number of aromatic nitrogens is 1. The maximum absolute atomic E-state index is 12.2. The van der Waals surface area contributed by atoms with Crippen LogP contribution in [0.25, 0.3) is 10.9 Å². The van der Waals surface area contributed by atoms with Gasteiger partial charge in [-0.25, -0.2) is 4.79 Å². The van der Waals surface area contributed by atoms with Crippen molar-refractivity contribution >= 4 is 28.5 Å². The summed E-state index contributed by atoms with van der Waals surface area (Å²) in [5.74, 6) is -0.437. The van der Waals surface area contributed by atoms with Gasteiger partial charge in [0.15, 0.2) is 0 Å². The minimum Gasteiger partial charge on any atom is -0.455 e. The first-order chi connectivity index (χ1) is 12.8. The van der Waals surface area contributed by atoms with Crippen LogP contribution in [0.2, 0.25) is 0 Å². The fourth-order valence-corrected chi connectivity index (χ4v) is 2.78. The lowest BCUT2D eigenvalue weighted by Crippen LogP contribution is -2.24. The van der Waals surface area contributed by atoms with E-state index in [1.807, 2.05) is 69.3 Å². The monoisotopic (exact) mass is 364 g/mol. The number of rotatable bonds is 5. The smallest absolute Gasteiger partial charge is 0.355 e. The van der Waals surface area contributed by atoms with E-state index in [9.17, 15) is 9.59 Å². The van der Waals surface area contributed by atoms with Gasteiger partial charge in [-0.3, -0.25) is 4.79 Å². The Morgan fingerprint density at radius 2 is 1.78 bits per heavy atom. The van der Waals surface area contributed by atoms with Gasteiger partial charge in [0.2, 0.25) is 5.91 Å². The molecular formula is C22H24N2O3. The number of hydrogen-bond donors (Lipinski definition) is 2. The van der Waals surface area contributed by atoms with Crippen molar-refractivity contribution in [2.75, 3.05) is 5.32 Å². The van der Waals surface area contributed by atoms with Crippen molar-refractivity contribution in [3.8, 4) is 0 Å². The number of carbonyl (C=O) groups excluding carboxylic acids is 2. The van der Waals surface area contributed by atoms with Gasteiger partial charge in [-0.15, -0.1) is 0 Å². The van der Waals surface area contributed by atoms with Crippen molar-refractivity contribution in [2.45, 2.75) is 39.2 Å². The highest BCUT2D eigenvalue weighted by molar-refractivity contribution is 5.98. The van der Waals surface area contributed by atoms with Gasteiger partial charge in [0.25, 0.3) is 0 Å². The van der Waals surface area contributed by atoms with E-state index in [-0.39, 0.29) is 5.91 Å². The molecule has 3 aromatic rings. The number of fused-ring (bicyclic) bond motifs is 1. The van der Waals surface area contributed by atoms with Crippen LogP contribution in [0.5, 0.6) is 0 Å². The number of anilines is 1. The first-order valence-corrected chi connectivity index (χ1v) is 9.00. The van der Waals surface area contributed by atoms with Gasteiger partial charge in [-0.1, -0.05) is 30.3 Å². The Kier molecular flexibility index (Phi) is 5.31. The van der Waals surface area contributed by atoms with Crippen molar-refractivity contribution in [2.24, 2.45) is 0 Å². The van der Waals surface area contributed by atoms with Gasteiger partial charge < -0.3 is 15.0 Å². The molecule has 0 bridgehead atoms. The minimum atomic E-state index is -0.549. The van der Waals surface area contributed by atoms with Crippen molar-refractivity contribution in [3.63, 3.8) is 0 Å². The summed E-state index contributed by atoms with van der Waals surface area (Å²) < 4.78 is 5.38. The molecule has 1 amide bonds. The summed E-state index contributed by atoms with van der Waals surface area (Å²) in [5.41, 5.74) is 2.50. The number of aromatic amines is 1. The zero-order valence-corrected chi connectivity index (χ0v) is 15.8. The molecule has 0 fully saturated rings. The Morgan fingerprint density at radius 1 is 1.04 bits per heavy atom. The van der Waals surface area contributed by atoms with E-state index >= 15 is 0 Å². The topological polar surface area (TPSA) is 71.2 Å². The molecule has 0 saturated carbocycles. The average molecular weight is 364 g/mol. The second-order valence-electron chi connectivity index (χ2n) is 7.52. The van der Waals surface area contributed by atoms with E-state index < -0.39 is 11.6 Å². The van der Waals surface area contributed by atoms with Crippen molar-refractivity contribution in [1.82, 2.24) is 4.98 Å². The van der Waals surface area contributed by atoms with Gasteiger partial charge in [0, 0.05) is 23.0 Å². The van der Waals surface area contributed by atoms with E-state index in [0.29, 0.717) is 24.2 Å². The van der Waals surface area contributed by atoms with Crippen molar-refractivity contribution < 1.29 is 14.3 Å². The largest absolute Gasteiger partial charge is 0.455 e. The predicted octanol–water partition coefficient (Wildman–Crippen LogP) is 4.69. The summed E-state index contributed by atoms with van der Waals surface area (Å²) in [4.78, 5) is 27.4. The molecule has 5 heteroatoms. The fourth-order valence-electron chi connectivity index (χ4n) is 2.78. The molecule has 0 aliphatic carbocycles. The van der Waals surface area contributed by atoms with Crippen LogP contribution in [-0.4, -0.2) is 22.5 Å². The second kappa shape index (κ2) is 7.66. The molecule has 1 aromatic heterocycles. The van der Waals surface area contributed by atoms with Gasteiger partial charge in [0.05, 0.1) is 0 Å². The van der Waals surface area contributed by atoms with Crippen LogP contribution in [0.15, 0.2) is 54.6 Å². The third kappa shape index (κ3) is 5.20. The number of benzene rings is 2. The third-order valence-electron chi connectivity index (χ3n) is 4.01. The second-order valence-corrected chi connectivity index (χ2v) is 7.52. The molecule has 1 heterocycles. The van der Waals surface area contributed by atoms with Crippen LogP contribution in [0.1, 0.15) is 43.2 Å². The highest BCUT2D eigenvalue weighted by Gasteiger charge is 2.19. The van der Waals surface area contributed by atoms with E-state index in [4.69, 9.17) is 4.74 Å². The van der Waals surface area contributed by atoms with Gasteiger partial charge >= 0.3 is 5.97 Å². The number of H-pyrrole nitrogens is 1. The summed E-state index contributed by atoms with van der Waals surface area (Å²) in [6.07, 6.45) is 1.11. The van der Waals surface area contributed by atoms with Crippen LogP contribution >= 0.6 is 0 Å². The van der Waals surface area contributed by atoms with Crippen molar-refractivity contribution in [1.29, 1.82) is 0 Å². The molecule has 2 N–H and O–H groups in total. The van der Waals surface area contributed by atoms with Crippen molar-refractivity contribution in [3.05, 3.63) is 65.9 Å². The first-order valence-electron chi connectivity index (χ1n) is 9.00. The minimum absolute atomic E-state index is 0.0406. The van der Waals surface area contributed by atoms with Gasteiger partial charge in [0.1, 0.15) is 11.3 Å². The van der Waals surface area contributed by atoms with Crippen LogP contribution in [0.4, 0.5) is 5.69 Å². The maximum atomic E-state index is 12.2. The highest BCUT2D eigenvalue weighted by Crippen LogP contribution is 2.22. The summed E-state index contributed by atoms with van der Waals surface area (Å²) in [5, 5.41) is 3.76. The number of ether oxygens (including phenoxy) is 1. The molecule has 0 saturated heterocycles. The number of aryl methyl sites for hydroxylation is 1. The molecule has 0 spiro atoms. The first kappa shape index (κ1) is 18.7. The number of esters is 1. The average Bonchev–Trinajstić information content (AvgIpc) is 3.03. The molecule has 140 valence electrons. The van der Waals surface area contributed by atoms with Gasteiger partial charge in [-0.05, 0) is 57.0 Å². The number of hydrogen-bond acceptors (Lipinski definition) is 3. The summed E-state index contributed by atoms with van der Waals surface area (Å²) >= 11 is 0. The Labute approximate surface area is 158 Å². The lowest BCUT2D eigenvalue weighted by molar-refractivity contribution is -0.116. The number of amides is 1. The fraction of sp³-hybridized carbons (Fsp3) is 0.273. The number of nitrogens with one attached hydrogen (secondary N) is 2. The molecule has 27 heavy (non-hydrogen) atoms. The van der Waals surface area contributed by atoms with Crippen LogP contribution in [0.3, 0.4) is 0 Å². The normalized spacial score (nSPS) is 11.4. The third-order valence-corrected chi connectivity index (χ3v) is 4.01. The van der Waals surface area contributed by atoms with Gasteiger partial charge in [-0.2, -0.15) is 0 Å². The van der Waals surface area contributed by atoms with E-state index in [1.165, 1.54) is 0 Å².